The predicted molar refractivity (Wildman–Crippen MR) is 59.8 cm³/mol. The summed E-state index contributed by atoms with van der Waals surface area (Å²) in [6.45, 7) is 0.980. The zero-order valence-corrected chi connectivity index (χ0v) is 9.82. The maximum Gasteiger partial charge on any atom is 0.417 e. The highest BCUT2D eigenvalue weighted by molar-refractivity contribution is 5.04. The molecule has 100 valence electrons. The zero-order valence-electron chi connectivity index (χ0n) is 9.82. The van der Waals surface area contributed by atoms with Crippen LogP contribution in [-0.4, -0.2) is 39.9 Å². The first-order valence-corrected chi connectivity index (χ1v) is 5.82. The van der Waals surface area contributed by atoms with Crippen molar-refractivity contribution < 1.29 is 18.3 Å². The van der Waals surface area contributed by atoms with E-state index in [0.29, 0.717) is 6.54 Å². The number of hydrogen-bond acceptors (Lipinski definition) is 3. The maximum absolute atomic E-state index is 12.6. The van der Waals surface area contributed by atoms with Gasteiger partial charge in [-0.05, 0) is 25.0 Å². The van der Waals surface area contributed by atoms with Crippen LogP contribution in [0, 0.1) is 0 Å². The van der Waals surface area contributed by atoms with E-state index in [0.717, 1.165) is 5.69 Å². The van der Waals surface area contributed by atoms with Gasteiger partial charge in [-0.1, -0.05) is 6.07 Å². The number of aromatic nitrogens is 1. The van der Waals surface area contributed by atoms with E-state index in [2.05, 4.69) is 4.98 Å². The zero-order chi connectivity index (χ0) is 13.2. The van der Waals surface area contributed by atoms with Crippen LogP contribution in [0.1, 0.15) is 18.5 Å². The van der Waals surface area contributed by atoms with E-state index in [4.69, 9.17) is 0 Å². The molecule has 18 heavy (non-hydrogen) atoms. The Balaban J connectivity index is 1.91. The number of aliphatic hydroxyl groups is 1. The summed E-state index contributed by atoms with van der Waals surface area (Å²) in [4.78, 5) is 6.01. The Bertz CT molecular complexity index is 386. The fourth-order valence-electron chi connectivity index (χ4n) is 2.09. The van der Waals surface area contributed by atoms with Crippen molar-refractivity contribution in [2.24, 2.45) is 0 Å². The molecule has 0 aromatic carbocycles. The molecule has 1 aliphatic rings. The van der Waals surface area contributed by atoms with Crippen LogP contribution in [0.3, 0.4) is 0 Å². The second kappa shape index (κ2) is 4.85. The quantitative estimate of drug-likeness (QED) is 0.883. The van der Waals surface area contributed by atoms with Crippen molar-refractivity contribution in [3.8, 4) is 0 Å². The molecule has 0 amide bonds. The maximum atomic E-state index is 12.6. The number of rotatable bonds is 2. The Morgan fingerprint density at radius 1 is 1.28 bits per heavy atom. The number of nitrogens with zero attached hydrogens (tertiary/aromatic N) is 2. The second-order valence-electron chi connectivity index (χ2n) is 4.63. The minimum atomic E-state index is -4.54. The third-order valence-corrected chi connectivity index (χ3v) is 3.32. The molecule has 0 spiro atoms. The van der Waals surface area contributed by atoms with Crippen LogP contribution < -0.4 is 0 Å². The van der Waals surface area contributed by atoms with E-state index >= 15 is 0 Å². The van der Waals surface area contributed by atoms with Crippen LogP contribution in [0.25, 0.3) is 0 Å². The van der Waals surface area contributed by atoms with E-state index in [9.17, 15) is 18.3 Å². The second-order valence-corrected chi connectivity index (χ2v) is 4.63. The summed E-state index contributed by atoms with van der Waals surface area (Å²) in [5.74, 6) is 0. The number of pyridine rings is 1. The monoisotopic (exact) mass is 260 g/mol. The van der Waals surface area contributed by atoms with Crippen LogP contribution in [0.4, 0.5) is 13.2 Å². The molecule has 1 fully saturated rings. The summed E-state index contributed by atoms with van der Waals surface area (Å²) in [6.07, 6.45) is -3.43. The fourth-order valence-corrected chi connectivity index (χ4v) is 2.09. The van der Waals surface area contributed by atoms with Crippen molar-refractivity contribution >= 4 is 0 Å². The molecule has 0 bridgehead atoms. The van der Waals surface area contributed by atoms with E-state index in [1.807, 2.05) is 17.0 Å². The summed E-state index contributed by atoms with van der Waals surface area (Å²) >= 11 is 0. The van der Waals surface area contributed by atoms with Gasteiger partial charge in [0.25, 0.3) is 0 Å². The number of alkyl halides is 3. The molecule has 0 saturated carbocycles. The highest BCUT2D eigenvalue weighted by atomic mass is 19.4. The highest BCUT2D eigenvalue weighted by Gasteiger charge is 2.54. The Hall–Kier alpha value is -1.14. The van der Waals surface area contributed by atoms with Gasteiger partial charge in [0, 0.05) is 25.8 Å². The third kappa shape index (κ3) is 2.81. The topological polar surface area (TPSA) is 36.4 Å². The molecule has 0 radical (unpaired) electrons. The summed E-state index contributed by atoms with van der Waals surface area (Å²) in [7, 11) is 0. The minimum Gasteiger partial charge on any atom is -0.380 e. The van der Waals surface area contributed by atoms with Crippen molar-refractivity contribution in [3.63, 3.8) is 0 Å². The lowest BCUT2D eigenvalue weighted by molar-refractivity contribution is -0.272. The van der Waals surface area contributed by atoms with Gasteiger partial charge >= 0.3 is 6.18 Å². The van der Waals surface area contributed by atoms with Crippen molar-refractivity contribution in [2.45, 2.75) is 31.2 Å². The largest absolute Gasteiger partial charge is 0.417 e. The van der Waals surface area contributed by atoms with Gasteiger partial charge in [-0.15, -0.1) is 0 Å². The van der Waals surface area contributed by atoms with Gasteiger partial charge in [0.05, 0.1) is 5.69 Å². The molecule has 2 rings (SSSR count). The summed E-state index contributed by atoms with van der Waals surface area (Å²) in [5, 5.41) is 9.52. The molecule has 0 aliphatic carbocycles. The van der Waals surface area contributed by atoms with Gasteiger partial charge in [0.2, 0.25) is 0 Å². The predicted octanol–water partition coefficient (Wildman–Crippen LogP) is 1.97. The number of piperidine rings is 1. The Kier molecular flexibility index (Phi) is 3.59. The first-order chi connectivity index (χ1) is 8.41. The number of hydrogen-bond donors (Lipinski definition) is 1. The third-order valence-electron chi connectivity index (χ3n) is 3.32. The average Bonchev–Trinajstić information content (AvgIpc) is 2.32. The molecule has 1 aliphatic heterocycles. The van der Waals surface area contributed by atoms with Gasteiger partial charge < -0.3 is 5.11 Å². The molecule has 3 nitrogen and oxygen atoms in total. The molecule has 1 aromatic rings. The van der Waals surface area contributed by atoms with Gasteiger partial charge in [-0.3, -0.25) is 9.88 Å². The molecule has 6 heteroatoms. The van der Waals surface area contributed by atoms with E-state index in [1.165, 1.54) is 0 Å². The molecule has 2 heterocycles. The van der Waals surface area contributed by atoms with Crippen LogP contribution >= 0.6 is 0 Å². The molecule has 0 unspecified atom stereocenters. The van der Waals surface area contributed by atoms with Crippen molar-refractivity contribution in [3.05, 3.63) is 30.1 Å². The normalized spacial score (nSPS) is 20.9. The Morgan fingerprint density at radius 2 is 1.94 bits per heavy atom. The van der Waals surface area contributed by atoms with Crippen LogP contribution in [0.15, 0.2) is 24.4 Å². The molecule has 1 aromatic heterocycles. The molecule has 1 saturated heterocycles. The number of likely N-dealkylation sites (tertiary alicyclic amines) is 1. The van der Waals surface area contributed by atoms with Crippen LogP contribution in [-0.2, 0) is 6.54 Å². The van der Waals surface area contributed by atoms with Gasteiger partial charge in [0.15, 0.2) is 5.60 Å². The molecular formula is C12H15F3N2O. The van der Waals surface area contributed by atoms with E-state index < -0.39 is 11.8 Å². The average molecular weight is 260 g/mol. The highest BCUT2D eigenvalue weighted by Crippen LogP contribution is 2.38. The lowest BCUT2D eigenvalue weighted by Crippen LogP contribution is -2.53. The van der Waals surface area contributed by atoms with Crippen LogP contribution in [0.2, 0.25) is 0 Å². The van der Waals surface area contributed by atoms with Gasteiger partial charge in [-0.25, -0.2) is 0 Å². The lowest BCUT2D eigenvalue weighted by atomic mass is 9.91. The first-order valence-electron chi connectivity index (χ1n) is 5.82. The first kappa shape index (κ1) is 13.3. The summed E-state index contributed by atoms with van der Waals surface area (Å²) < 4.78 is 37.8. The van der Waals surface area contributed by atoms with Crippen molar-refractivity contribution in [1.29, 1.82) is 0 Å². The van der Waals surface area contributed by atoms with E-state index in [-0.39, 0.29) is 25.9 Å². The van der Waals surface area contributed by atoms with Crippen LogP contribution in [0.5, 0.6) is 0 Å². The molecule has 1 N–H and O–H groups in total. The lowest BCUT2D eigenvalue weighted by Gasteiger charge is -2.38. The summed E-state index contributed by atoms with van der Waals surface area (Å²) in [5.41, 5.74) is -1.69. The smallest absolute Gasteiger partial charge is 0.380 e. The SMILES string of the molecule is OC1(C(F)(F)F)CCN(Cc2ccccn2)CC1. The Labute approximate surface area is 103 Å². The minimum absolute atomic E-state index is 0.229. The van der Waals surface area contributed by atoms with Crippen molar-refractivity contribution in [1.82, 2.24) is 9.88 Å². The molecular weight excluding hydrogens is 245 g/mol. The fraction of sp³-hybridized carbons (Fsp3) is 0.583. The van der Waals surface area contributed by atoms with Crippen molar-refractivity contribution in [2.75, 3.05) is 13.1 Å². The Morgan fingerprint density at radius 3 is 2.44 bits per heavy atom. The standard InChI is InChI=1S/C12H15F3N2O/c13-12(14,15)11(18)4-7-17(8-5-11)9-10-3-1-2-6-16-10/h1-3,6,18H,4-5,7-9H2. The van der Waals surface area contributed by atoms with E-state index in [1.54, 1.807) is 12.3 Å². The summed E-state index contributed by atoms with van der Waals surface area (Å²) in [6, 6.07) is 5.48. The number of halogens is 3. The molecule has 0 atom stereocenters. The van der Waals surface area contributed by atoms with Gasteiger partial charge in [0.1, 0.15) is 0 Å². The van der Waals surface area contributed by atoms with Gasteiger partial charge in [-0.2, -0.15) is 13.2 Å².